The van der Waals surface area contributed by atoms with Crippen LogP contribution in [0.1, 0.15) is 6.92 Å². The van der Waals surface area contributed by atoms with Crippen LogP contribution in [-0.2, 0) is 14.3 Å². The summed E-state index contributed by atoms with van der Waals surface area (Å²) in [5, 5.41) is 1.38. The Bertz CT molecular complexity index is 962. The number of halogens is 2. The first-order valence-corrected chi connectivity index (χ1v) is 11.2. The number of ether oxygens (including phenoxy) is 1. The maximum atomic E-state index is 13.8. The van der Waals surface area contributed by atoms with Gasteiger partial charge in [0.2, 0.25) is 5.78 Å². The van der Waals surface area contributed by atoms with Crippen LogP contribution in [0.4, 0.5) is 8.78 Å². The summed E-state index contributed by atoms with van der Waals surface area (Å²) in [7, 11) is 0. The summed E-state index contributed by atoms with van der Waals surface area (Å²) in [6.07, 6.45) is -3.33. The van der Waals surface area contributed by atoms with Crippen molar-refractivity contribution in [2.24, 2.45) is 0 Å². The van der Waals surface area contributed by atoms with Gasteiger partial charge in [0.1, 0.15) is 5.29 Å². The predicted octanol–water partition coefficient (Wildman–Crippen LogP) is 3.55. The molecule has 3 nitrogen and oxygen atoms in total. The lowest BCUT2D eigenvalue weighted by Gasteiger charge is -2.31. The minimum Gasteiger partial charge on any atom is -0.462 e. The molecule has 0 bridgehead atoms. The Labute approximate surface area is 174 Å². The van der Waals surface area contributed by atoms with Crippen LogP contribution in [0.25, 0.3) is 0 Å². The highest BCUT2D eigenvalue weighted by molar-refractivity contribution is 7.97. The van der Waals surface area contributed by atoms with Crippen LogP contribution in [0.5, 0.6) is 0 Å². The van der Waals surface area contributed by atoms with Crippen LogP contribution < -0.4 is 15.9 Å². The summed E-state index contributed by atoms with van der Waals surface area (Å²) in [5.74, 6) is -2.51. The van der Waals surface area contributed by atoms with E-state index in [1.54, 1.807) is 97.9 Å². The third kappa shape index (κ3) is 3.99. The van der Waals surface area contributed by atoms with Gasteiger partial charge in [0.25, 0.3) is 0 Å². The normalized spacial score (nSPS) is 11.2. The first-order valence-electron chi connectivity index (χ1n) is 9.46. The molecule has 0 fully saturated rings. The molecule has 3 rings (SSSR count). The number of Topliss-reactive ketones (excluding diaryl/α,β-unsaturated/α-hetero) is 1. The van der Waals surface area contributed by atoms with Crippen molar-refractivity contribution >= 4 is 39.8 Å². The minimum absolute atomic E-state index is 0.0305. The van der Waals surface area contributed by atoms with E-state index in [0.717, 1.165) is 0 Å². The molecule has 0 saturated carbocycles. The SMILES string of the molecule is CCOC(=O)C(C(=O)C(F)F)=P(c1ccccc1)(c1ccccc1)c1ccccc1. The Morgan fingerprint density at radius 2 is 1.13 bits per heavy atom. The molecule has 3 aromatic carbocycles. The van der Waals surface area contributed by atoms with Gasteiger partial charge in [-0.3, -0.25) is 4.79 Å². The van der Waals surface area contributed by atoms with Crippen LogP contribution in [-0.4, -0.2) is 30.1 Å². The maximum Gasteiger partial charge on any atom is 0.343 e. The summed E-state index contributed by atoms with van der Waals surface area (Å²) < 4.78 is 32.7. The van der Waals surface area contributed by atoms with E-state index in [2.05, 4.69) is 0 Å². The predicted molar refractivity (Wildman–Crippen MR) is 118 cm³/mol. The van der Waals surface area contributed by atoms with E-state index in [4.69, 9.17) is 4.74 Å². The van der Waals surface area contributed by atoms with Crippen molar-refractivity contribution in [3.63, 3.8) is 0 Å². The van der Waals surface area contributed by atoms with Gasteiger partial charge in [0, 0.05) is 0 Å². The first-order chi connectivity index (χ1) is 14.5. The number of ketones is 1. The van der Waals surface area contributed by atoms with Crippen LogP contribution in [0.15, 0.2) is 91.0 Å². The molecular formula is C24H21F2O3P. The molecular weight excluding hydrogens is 405 g/mol. The number of benzene rings is 3. The summed E-state index contributed by atoms with van der Waals surface area (Å²) in [5.41, 5.74) is 0. The Hall–Kier alpha value is -3.04. The van der Waals surface area contributed by atoms with Crippen LogP contribution >= 0.6 is 6.89 Å². The lowest BCUT2D eigenvalue weighted by atomic mass is 10.3. The van der Waals surface area contributed by atoms with Crippen LogP contribution in [0.3, 0.4) is 0 Å². The molecule has 0 aromatic heterocycles. The number of carbonyl (C=O) groups excluding carboxylic acids is 2. The molecule has 0 aliphatic heterocycles. The second kappa shape index (κ2) is 9.64. The van der Waals surface area contributed by atoms with Gasteiger partial charge in [0.05, 0.1) is 6.61 Å². The second-order valence-electron chi connectivity index (χ2n) is 6.41. The quantitative estimate of drug-likeness (QED) is 0.330. The van der Waals surface area contributed by atoms with Crippen molar-refractivity contribution in [1.29, 1.82) is 0 Å². The Kier molecular flexibility index (Phi) is 6.96. The molecule has 0 amide bonds. The Morgan fingerprint density at radius 3 is 1.43 bits per heavy atom. The van der Waals surface area contributed by atoms with Crippen LogP contribution in [0.2, 0.25) is 0 Å². The van der Waals surface area contributed by atoms with Gasteiger partial charge in [0.15, 0.2) is 0 Å². The zero-order valence-electron chi connectivity index (χ0n) is 16.4. The molecule has 0 saturated heterocycles. The van der Waals surface area contributed by atoms with E-state index in [-0.39, 0.29) is 6.61 Å². The molecule has 0 aliphatic rings. The van der Waals surface area contributed by atoms with Crippen molar-refractivity contribution in [3.8, 4) is 0 Å². The second-order valence-corrected chi connectivity index (χ2v) is 9.75. The fourth-order valence-electron chi connectivity index (χ4n) is 3.49. The smallest absolute Gasteiger partial charge is 0.343 e. The fourth-order valence-corrected chi connectivity index (χ4v) is 7.79. The molecule has 0 spiro atoms. The molecule has 0 N–H and O–H groups in total. The molecule has 0 heterocycles. The molecule has 154 valence electrons. The molecule has 30 heavy (non-hydrogen) atoms. The zero-order chi connectivity index (χ0) is 21.6. The standard InChI is InChI=1S/C24H21F2O3P/c1-2-29-24(28)22(21(27)23(25)26)30(18-12-6-3-7-13-18,19-14-8-4-9-15-19)20-16-10-5-11-17-20/h3-17,23H,2H2,1H3. The summed E-state index contributed by atoms with van der Waals surface area (Å²) in [6.45, 7) is -1.70. The number of alkyl halides is 2. The van der Waals surface area contributed by atoms with Crippen molar-refractivity contribution in [2.75, 3.05) is 6.61 Å². The number of rotatable bonds is 7. The minimum atomic E-state index is -3.33. The summed E-state index contributed by atoms with van der Waals surface area (Å²) >= 11 is 0. The van der Waals surface area contributed by atoms with E-state index in [1.165, 1.54) is 0 Å². The van der Waals surface area contributed by atoms with Gasteiger partial charge in [-0.05, 0) is 29.7 Å². The van der Waals surface area contributed by atoms with Gasteiger partial charge in [-0.2, -0.15) is 0 Å². The third-order valence-electron chi connectivity index (χ3n) is 4.67. The Morgan fingerprint density at radius 1 is 0.767 bits per heavy atom. The van der Waals surface area contributed by atoms with Gasteiger partial charge >= 0.3 is 12.4 Å². The van der Waals surface area contributed by atoms with Crippen molar-refractivity contribution in [1.82, 2.24) is 0 Å². The zero-order valence-corrected chi connectivity index (χ0v) is 17.3. The number of hydrogen-bond donors (Lipinski definition) is 0. The highest BCUT2D eigenvalue weighted by Gasteiger charge is 2.40. The van der Waals surface area contributed by atoms with Gasteiger partial charge < -0.3 is 4.74 Å². The average Bonchev–Trinajstić information content (AvgIpc) is 2.79. The largest absolute Gasteiger partial charge is 0.462 e. The van der Waals surface area contributed by atoms with Crippen LogP contribution in [0, 0.1) is 0 Å². The summed E-state index contributed by atoms with van der Waals surface area (Å²) in [4.78, 5) is 25.9. The van der Waals surface area contributed by atoms with Gasteiger partial charge in [-0.25, -0.2) is 13.6 Å². The van der Waals surface area contributed by atoms with Crippen molar-refractivity contribution in [3.05, 3.63) is 91.0 Å². The van der Waals surface area contributed by atoms with Crippen molar-refractivity contribution < 1.29 is 23.1 Å². The van der Waals surface area contributed by atoms with Gasteiger partial charge in [-0.1, -0.05) is 91.0 Å². The lowest BCUT2D eigenvalue weighted by Crippen LogP contribution is -2.40. The number of esters is 1. The number of hydrogen-bond acceptors (Lipinski definition) is 3. The van der Waals surface area contributed by atoms with E-state index < -0.39 is 30.4 Å². The number of carbonyl (C=O) groups is 2. The molecule has 0 radical (unpaired) electrons. The van der Waals surface area contributed by atoms with E-state index in [9.17, 15) is 18.4 Å². The molecule has 0 unspecified atom stereocenters. The molecule has 3 aromatic rings. The molecule has 6 heteroatoms. The van der Waals surface area contributed by atoms with E-state index in [1.807, 2.05) is 0 Å². The average molecular weight is 426 g/mol. The maximum absolute atomic E-state index is 13.8. The molecule has 0 atom stereocenters. The summed E-state index contributed by atoms with van der Waals surface area (Å²) in [6, 6.07) is 26.6. The van der Waals surface area contributed by atoms with E-state index in [0.29, 0.717) is 15.9 Å². The highest BCUT2D eigenvalue weighted by atomic mass is 31.2. The lowest BCUT2D eigenvalue weighted by molar-refractivity contribution is -0.136. The highest BCUT2D eigenvalue weighted by Crippen LogP contribution is 2.47. The third-order valence-corrected chi connectivity index (χ3v) is 8.96. The molecule has 0 aliphatic carbocycles. The first kappa shape index (κ1) is 21.7. The van der Waals surface area contributed by atoms with Crippen molar-refractivity contribution in [2.45, 2.75) is 13.3 Å². The fraction of sp³-hybridized carbons (Fsp3) is 0.125. The Balaban J connectivity index is 2.63. The monoisotopic (exact) mass is 426 g/mol. The van der Waals surface area contributed by atoms with Gasteiger partial charge in [-0.15, -0.1) is 0 Å². The van der Waals surface area contributed by atoms with E-state index >= 15 is 0 Å². The topological polar surface area (TPSA) is 43.4 Å².